The van der Waals surface area contributed by atoms with Crippen molar-refractivity contribution in [2.24, 2.45) is 11.8 Å². The summed E-state index contributed by atoms with van der Waals surface area (Å²) in [5.74, 6) is -3.47. The third kappa shape index (κ3) is 3.14. The SMILES string of the molecule is COC(=O)[C@@]1(Cc2ccccc2)N[C@H](c2ccc(OC)c(Cl)c2)[C@@H]2C(=O)OC(=O)[C@H]21. The third-order valence-corrected chi connectivity index (χ3v) is 6.10. The average Bonchev–Trinajstić information content (AvgIpc) is 3.25. The van der Waals surface area contributed by atoms with Crippen LogP contribution in [0.1, 0.15) is 17.2 Å². The Morgan fingerprint density at radius 3 is 2.50 bits per heavy atom. The molecule has 7 nitrogen and oxygen atoms in total. The van der Waals surface area contributed by atoms with E-state index in [1.807, 2.05) is 30.3 Å². The summed E-state index contributed by atoms with van der Waals surface area (Å²) in [6.45, 7) is 0. The van der Waals surface area contributed by atoms with E-state index >= 15 is 0 Å². The first-order chi connectivity index (χ1) is 14.4. The number of halogens is 1. The zero-order valence-corrected chi connectivity index (χ0v) is 17.1. The molecule has 4 atom stereocenters. The van der Waals surface area contributed by atoms with Gasteiger partial charge in [0.05, 0.1) is 25.2 Å². The largest absolute Gasteiger partial charge is 0.495 e. The van der Waals surface area contributed by atoms with Crippen LogP contribution >= 0.6 is 11.6 Å². The number of esters is 3. The van der Waals surface area contributed by atoms with Gasteiger partial charge in [0.1, 0.15) is 17.2 Å². The maximum Gasteiger partial charge on any atom is 0.327 e. The molecular formula is C22H20ClNO6. The van der Waals surface area contributed by atoms with Crippen LogP contribution in [0.4, 0.5) is 0 Å². The van der Waals surface area contributed by atoms with Crippen LogP contribution in [0.5, 0.6) is 5.75 Å². The molecule has 0 aliphatic carbocycles. The summed E-state index contributed by atoms with van der Waals surface area (Å²) < 4.78 is 15.2. The second-order valence-corrected chi connectivity index (χ2v) is 7.79. The number of rotatable bonds is 5. The quantitative estimate of drug-likeness (QED) is 0.576. The summed E-state index contributed by atoms with van der Waals surface area (Å²) in [4.78, 5) is 38.3. The summed E-state index contributed by atoms with van der Waals surface area (Å²) in [6, 6.07) is 13.6. The van der Waals surface area contributed by atoms with Gasteiger partial charge in [0.25, 0.3) is 0 Å². The molecule has 0 aromatic heterocycles. The topological polar surface area (TPSA) is 90.9 Å². The fraction of sp³-hybridized carbons (Fsp3) is 0.318. The number of carbonyl (C=O) groups excluding carboxylic acids is 3. The highest BCUT2D eigenvalue weighted by atomic mass is 35.5. The molecule has 2 heterocycles. The monoisotopic (exact) mass is 429 g/mol. The van der Waals surface area contributed by atoms with Crippen molar-refractivity contribution in [2.45, 2.75) is 18.0 Å². The van der Waals surface area contributed by atoms with Gasteiger partial charge in [-0.25, -0.2) is 0 Å². The fourth-order valence-corrected chi connectivity index (χ4v) is 4.76. The van der Waals surface area contributed by atoms with E-state index in [2.05, 4.69) is 5.32 Å². The maximum atomic E-state index is 13.0. The Bertz CT molecular complexity index is 1010. The molecule has 156 valence electrons. The highest BCUT2D eigenvalue weighted by molar-refractivity contribution is 6.32. The summed E-state index contributed by atoms with van der Waals surface area (Å²) in [6.07, 6.45) is 0.157. The van der Waals surface area contributed by atoms with E-state index in [-0.39, 0.29) is 6.42 Å². The molecule has 0 spiro atoms. The molecule has 0 amide bonds. The van der Waals surface area contributed by atoms with E-state index in [9.17, 15) is 14.4 Å². The maximum absolute atomic E-state index is 13.0. The van der Waals surface area contributed by atoms with Crippen molar-refractivity contribution >= 4 is 29.5 Å². The van der Waals surface area contributed by atoms with Crippen LogP contribution < -0.4 is 10.1 Å². The molecule has 2 fully saturated rings. The van der Waals surface area contributed by atoms with Gasteiger partial charge in [-0.2, -0.15) is 0 Å². The van der Waals surface area contributed by atoms with E-state index in [0.717, 1.165) is 5.56 Å². The van der Waals surface area contributed by atoms with Gasteiger partial charge in [0.2, 0.25) is 0 Å². The normalized spacial score (nSPS) is 27.5. The summed E-state index contributed by atoms with van der Waals surface area (Å²) in [5.41, 5.74) is -0.00263. The van der Waals surface area contributed by atoms with Crippen LogP contribution in [0.15, 0.2) is 48.5 Å². The zero-order chi connectivity index (χ0) is 21.5. The van der Waals surface area contributed by atoms with E-state index in [4.69, 9.17) is 25.8 Å². The summed E-state index contributed by atoms with van der Waals surface area (Å²) >= 11 is 6.28. The highest BCUT2D eigenvalue weighted by Gasteiger charge is 2.68. The first kappa shape index (κ1) is 20.4. The standard InChI is InChI=1S/C22H20ClNO6/c1-28-15-9-8-13(10-14(15)23)18-16-17(20(26)30-19(16)25)22(24-18,21(27)29-2)11-12-6-4-3-5-7-12/h3-10,16-18,24H,11H2,1-2H3/t16-,17+,18-,22+/m1/s1. The molecule has 0 saturated carbocycles. The first-order valence-electron chi connectivity index (χ1n) is 9.40. The number of hydrogen-bond donors (Lipinski definition) is 1. The predicted octanol–water partition coefficient (Wildman–Crippen LogP) is 2.46. The van der Waals surface area contributed by atoms with Gasteiger partial charge in [0.15, 0.2) is 0 Å². The lowest BCUT2D eigenvalue weighted by atomic mass is 9.76. The zero-order valence-electron chi connectivity index (χ0n) is 16.4. The Morgan fingerprint density at radius 2 is 1.87 bits per heavy atom. The minimum Gasteiger partial charge on any atom is -0.495 e. The van der Waals surface area contributed by atoms with Crippen molar-refractivity contribution in [1.82, 2.24) is 5.32 Å². The number of carbonyl (C=O) groups is 3. The molecule has 2 aromatic carbocycles. The van der Waals surface area contributed by atoms with E-state index in [1.165, 1.54) is 14.2 Å². The summed E-state index contributed by atoms with van der Waals surface area (Å²) in [7, 11) is 2.76. The minimum atomic E-state index is -1.46. The molecule has 2 aliphatic rings. The Hall–Kier alpha value is -2.90. The molecule has 0 radical (unpaired) electrons. The van der Waals surface area contributed by atoms with Gasteiger partial charge in [0, 0.05) is 12.5 Å². The molecule has 1 N–H and O–H groups in total. The molecule has 2 aromatic rings. The van der Waals surface area contributed by atoms with Gasteiger partial charge >= 0.3 is 17.9 Å². The molecule has 8 heteroatoms. The molecule has 0 bridgehead atoms. The lowest BCUT2D eigenvalue weighted by molar-refractivity contribution is -0.160. The lowest BCUT2D eigenvalue weighted by Gasteiger charge is -2.31. The molecule has 2 aliphatic heterocycles. The van der Waals surface area contributed by atoms with Gasteiger partial charge in [-0.15, -0.1) is 0 Å². The molecule has 4 rings (SSSR count). The van der Waals surface area contributed by atoms with Crippen molar-refractivity contribution in [2.75, 3.05) is 14.2 Å². The Morgan fingerprint density at radius 1 is 1.13 bits per heavy atom. The summed E-state index contributed by atoms with van der Waals surface area (Å²) in [5, 5.41) is 3.60. The van der Waals surface area contributed by atoms with Crippen LogP contribution in [-0.2, 0) is 30.3 Å². The van der Waals surface area contributed by atoms with Crippen molar-refractivity contribution in [3.63, 3.8) is 0 Å². The number of cyclic esters (lactones) is 2. The smallest absolute Gasteiger partial charge is 0.327 e. The first-order valence-corrected chi connectivity index (χ1v) is 9.78. The minimum absolute atomic E-state index is 0.157. The molecule has 0 unspecified atom stereocenters. The Balaban J connectivity index is 1.82. The lowest BCUT2D eigenvalue weighted by Crippen LogP contribution is -2.56. The third-order valence-electron chi connectivity index (χ3n) is 5.80. The van der Waals surface area contributed by atoms with Gasteiger partial charge in [-0.05, 0) is 23.3 Å². The van der Waals surface area contributed by atoms with Crippen LogP contribution in [-0.4, -0.2) is 37.7 Å². The van der Waals surface area contributed by atoms with Crippen molar-refractivity contribution in [3.05, 3.63) is 64.7 Å². The highest BCUT2D eigenvalue weighted by Crippen LogP contribution is 2.50. The average molecular weight is 430 g/mol. The Labute approximate surface area is 178 Å². The predicted molar refractivity (Wildman–Crippen MR) is 107 cm³/mol. The van der Waals surface area contributed by atoms with E-state index < -0.39 is 41.3 Å². The molecule has 2 saturated heterocycles. The van der Waals surface area contributed by atoms with Gasteiger partial charge < -0.3 is 14.2 Å². The van der Waals surface area contributed by atoms with Crippen LogP contribution in [0.25, 0.3) is 0 Å². The Kier molecular flexibility index (Phi) is 5.26. The fourth-order valence-electron chi connectivity index (χ4n) is 4.49. The second-order valence-electron chi connectivity index (χ2n) is 7.38. The van der Waals surface area contributed by atoms with Crippen molar-refractivity contribution in [1.29, 1.82) is 0 Å². The number of methoxy groups -OCH3 is 2. The number of ether oxygens (including phenoxy) is 3. The van der Waals surface area contributed by atoms with Crippen molar-refractivity contribution < 1.29 is 28.6 Å². The molecule has 30 heavy (non-hydrogen) atoms. The second kappa shape index (κ2) is 7.74. The van der Waals surface area contributed by atoms with E-state index in [0.29, 0.717) is 16.3 Å². The number of fused-ring (bicyclic) bond motifs is 1. The van der Waals surface area contributed by atoms with Gasteiger partial charge in [-0.3, -0.25) is 19.7 Å². The van der Waals surface area contributed by atoms with Crippen LogP contribution in [0.3, 0.4) is 0 Å². The molecular weight excluding hydrogens is 410 g/mol. The number of benzene rings is 2. The van der Waals surface area contributed by atoms with Crippen LogP contribution in [0, 0.1) is 11.8 Å². The van der Waals surface area contributed by atoms with E-state index in [1.54, 1.807) is 18.2 Å². The van der Waals surface area contributed by atoms with Gasteiger partial charge in [-0.1, -0.05) is 48.0 Å². The van der Waals surface area contributed by atoms with Crippen LogP contribution in [0.2, 0.25) is 5.02 Å². The number of hydrogen-bond acceptors (Lipinski definition) is 7. The van der Waals surface area contributed by atoms with Crippen molar-refractivity contribution in [3.8, 4) is 5.75 Å². The number of nitrogens with one attached hydrogen (secondary N) is 1.